The summed E-state index contributed by atoms with van der Waals surface area (Å²) in [5.74, 6) is -0.536. The Morgan fingerprint density at radius 2 is 1.88 bits per heavy atom. The standard InChI is InChI=1S/C21H23ClN2O2/c1-14-10-11-16(13-17(14)22)23-19(25)21(2,3)20(26)24-12-6-8-15-7-4-5-9-18(15)24/h4-5,7,9-11,13H,6,8,12H2,1-3H3,(H,23,25). The Bertz CT molecular complexity index is 861. The van der Waals surface area contributed by atoms with Crippen LogP contribution in [-0.2, 0) is 16.0 Å². The van der Waals surface area contributed by atoms with Crippen molar-refractivity contribution in [1.82, 2.24) is 0 Å². The van der Waals surface area contributed by atoms with Gasteiger partial charge in [-0.3, -0.25) is 9.59 Å². The Morgan fingerprint density at radius 1 is 1.15 bits per heavy atom. The molecule has 2 aromatic carbocycles. The largest absolute Gasteiger partial charge is 0.325 e. The number of nitrogens with zero attached hydrogens (tertiary/aromatic N) is 1. The summed E-state index contributed by atoms with van der Waals surface area (Å²) >= 11 is 6.13. The molecular weight excluding hydrogens is 348 g/mol. The highest BCUT2D eigenvalue weighted by molar-refractivity contribution is 6.31. The average molecular weight is 371 g/mol. The van der Waals surface area contributed by atoms with Crippen LogP contribution in [0.4, 0.5) is 11.4 Å². The maximum Gasteiger partial charge on any atom is 0.242 e. The molecule has 2 aromatic rings. The van der Waals surface area contributed by atoms with Crippen molar-refractivity contribution in [3.63, 3.8) is 0 Å². The van der Waals surface area contributed by atoms with Crippen LogP contribution in [-0.4, -0.2) is 18.4 Å². The van der Waals surface area contributed by atoms with Crippen LogP contribution in [0.1, 0.15) is 31.4 Å². The minimum atomic E-state index is -1.19. The number of carbonyl (C=O) groups is 2. The van der Waals surface area contributed by atoms with Crippen molar-refractivity contribution >= 4 is 34.8 Å². The number of benzene rings is 2. The lowest BCUT2D eigenvalue weighted by Gasteiger charge is -2.35. The van der Waals surface area contributed by atoms with Gasteiger partial charge in [0.25, 0.3) is 0 Å². The molecule has 5 heteroatoms. The van der Waals surface area contributed by atoms with E-state index in [4.69, 9.17) is 11.6 Å². The highest BCUT2D eigenvalue weighted by Gasteiger charge is 2.40. The zero-order chi connectivity index (χ0) is 18.9. The van der Waals surface area contributed by atoms with Gasteiger partial charge in [0.1, 0.15) is 5.41 Å². The molecule has 3 rings (SSSR count). The van der Waals surface area contributed by atoms with Crippen LogP contribution in [0.25, 0.3) is 0 Å². The first-order valence-electron chi connectivity index (χ1n) is 8.78. The van der Waals surface area contributed by atoms with E-state index in [1.807, 2.05) is 37.3 Å². The summed E-state index contributed by atoms with van der Waals surface area (Å²) in [7, 11) is 0. The lowest BCUT2D eigenvalue weighted by atomic mass is 9.88. The van der Waals surface area contributed by atoms with Gasteiger partial charge in [-0.1, -0.05) is 35.9 Å². The first-order chi connectivity index (χ1) is 12.3. The molecule has 2 amide bonds. The number of halogens is 1. The number of fused-ring (bicyclic) bond motifs is 1. The van der Waals surface area contributed by atoms with E-state index in [9.17, 15) is 9.59 Å². The van der Waals surface area contributed by atoms with Crippen LogP contribution in [0.5, 0.6) is 0 Å². The quantitative estimate of drug-likeness (QED) is 0.803. The predicted octanol–water partition coefficient (Wildman–Crippen LogP) is 4.59. The van der Waals surface area contributed by atoms with E-state index in [1.54, 1.807) is 30.9 Å². The highest BCUT2D eigenvalue weighted by atomic mass is 35.5. The van der Waals surface area contributed by atoms with E-state index >= 15 is 0 Å². The molecule has 0 fully saturated rings. The fourth-order valence-electron chi connectivity index (χ4n) is 3.14. The minimum Gasteiger partial charge on any atom is -0.325 e. The summed E-state index contributed by atoms with van der Waals surface area (Å²) in [5.41, 5.74) is 2.38. The number of rotatable bonds is 3. The number of hydrogen-bond donors (Lipinski definition) is 1. The van der Waals surface area contributed by atoms with Gasteiger partial charge in [-0.15, -0.1) is 0 Å². The van der Waals surface area contributed by atoms with Gasteiger partial charge in [-0.05, 0) is 62.9 Å². The topological polar surface area (TPSA) is 49.4 Å². The molecule has 0 bridgehead atoms. The molecular formula is C21H23ClN2O2. The smallest absolute Gasteiger partial charge is 0.242 e. The second-order valence-corrected chi connectivity index (χ2v) is 7.64. The highest BCUT2D eigenvalue weighted by Crippen LogP contribution is 2.32. The Hall–Kier alpha value is -2.33. The van der Waals surface area contributed by atoms with Crippen molar-refractivity contribution in [2.75, 3.05) is 16.8 Å². The van der Waals surface area contributed by atoms with Crippen LogP contribution < -0.4 is 10.2 Å². The number of anilines is 2. The van der Waals surface area contributed by atoms with E-state index in [0.717, 1.165) is 29.7 Å². The number of carbonyl (C=O) groups excluding carboxylic acids is 2. The SMILES string of the molecule is Cc1ccc(NC(=O)C(C)(C)C(=O)N2CCCc3ccccc32)cc1Cl. The minimum absolute atomic E-state index is 0.194. The van der Waals surface area contributed by atoms with E-state index in [-0.39, 0.29) is 11.8 Å². The lowest BCUT2D eigenvalue weighted by Crippen LogP contribution is -2.49. The third-order valence-electron chi connectivity index (χ3n) is 4.89. The van der Waals surface area contributed by atoms with Crippen LogP contribution in [0.3, 0.4) is 0 Å². The average Bonchev–Trinajstić information content (AvgIpc) is 2.63. The maximum atomic E-state index is 13.2. The number of hydrogen-bond acceptors (Lipinski definition) is 2. The molecule has 0 atom stereocenters. The van der Waals surface area contributed by atoms with Gasteiger partial charge >= 0.3 is 0 Å². The molecule has 0 saturated heterocycles. The van der Waals surface area contributed by atoms with Gasteiger partial charge in [-0.25, -0.2) is 0 Å². The molecule has 136 valence electrons. The predicted molar refractivity (Wildman–Crippen MR) is 106 cm³/mol. The molecule has 0 saturated carbocycles. The third kappa shape index (κ3) is 3.47. The summed E-state index contributed by atoms with van der Waals surface area (Å²) in [6, 6.07) is 13.2. The lowest BCUT2D eigenvalue weighted by molar-refractivity contribution is -0.136. The molecule has 0 unspecified atom stereocenters. The van der Waals surface area contributed by atoms with Crippen molar-refractivity contribution in [2.24, 2.45) is 5.41 Å². The van der Waals surface area contributed by atoms with Crippen molar-refractivity contribution in [3.05, 3.63) is 58.6 Å². The first kappa shape index (κ1) is 18.5. The molecule has 0 aliphatic carbocycles. The summed E-state index contributed by atoms with van der Waals surface area (Å²) in [4.78, 5) is 27.7. The monoisotopic (exact) mass is 370 g/mol. The zero-order valence-corrected chi connectivity index (χ0v) is 16.1. The second-order valence-electron chi connectivity index (χ2n) is 7.23. The van der Waals surface area contributed by atoms with Crippen LogP contribution >= 0.6 is 11.6 Å². The van der Waals surface area contributed by atoms with Crippen LogP contribution in [0.15, 0.2) is 42.5 Å². The van der Waals surface area contributed by atoms with Crippen molar-refractivity contribution in [1.29, 1.82) is 0 Å². The van der Waals surface area contributed by atoms with E-state index in [0.29, 0.717) is 17.3 Å². The normalized spacial score (nSPS) is 13.9. The molecule has 1 aliphatic rings. The van der Waals surface area contributed by atoms with Gasteiger partial charge in [0.15, 0.2) is 0 Å². The molecule has 0 aromatic heterocycles. The summed E-state index contributed by atoms with van der Waals surface area (Å²) in [6.07, 6.45) is 1.85. The zero-order valence-electron chi connectivity index (χ0n) is 15.3. The Morgan fingerprint density at radius 3 is 2.62 bits per heavy atom. The molecule has 1 N–H and O–H groups in total. The van der Waals surface area contributed by atoms with Crippen LogP contribution in [0, 0.1) is 12.3 Å². The number of nitrogens with one attached hydrogen (secondary N) is 1. The molecule has 26 heavy (non-hydrogen) atoms. The van der Waals surface area contributed by atoms with Gasteiger partial charge in [0, 0.05) is 22.9 Å². The van der Waals surface area contributed by atoms with Crippen LogP contribution in [0.2, 0.25) is 5.02 Å². The Labute approximate surface area is 159 Å². The Balaban J connectivity index is 1.82. The third-order valence-corrected chi connectivity index (χ3v) is 5.29. The number of aryl methyl sites for hydroxylation is 2. The fraction of sp³-hybridized carbons (Fsp3) is 0.333. The number of amides is 2. The van der Waals surface area contributed by atoms with Crippen molar-refractivity contribution in [3.8, 4) is 0 Å². The van der Waals surface area contributed by atoms with Gasteiger partial charge < -0.3 is 10.2 Å². The van der Waals surface area contributed by atoms with Crippen molar-refractivity contribution < 1.29 is 9.59 Å². The van der Waals surface area contributed by atoms with Crippen molar-refractivity contribution in [2.45, 2.75) is 33.6 Å². The van der Waals surface area contributed by atoms with E-state index < -0.39 is 5.41 Å². The fourth-order valence-corrected chi connectivity index (χ4v) is 3.32. The molecule has 0 radical (unpaired) electrons. The second kappa shape index (κ2) is 7.12. The summed E-state index contributed by atoms with van der Waals surface area (Å²) in [6.45, 7) is 5.85. The summed E-state index contributed by atoms with van der Waals surface area (Å²) < 4.78 is 0. The van der Waals surface area contributed by atoms with Gasteiger partial charge in [0.2, 0.25) is 11.8 Å². The molecule has 0 spiro atoms. The number of para-hydroxylation sites is 1. The molecule has 1 aliphatic heterocycles. The first-order valence-corrected chi connectivity index (χ1v) is 9.16. The van der Waals surface area contributed by atoms with E-state index in [2.05, 4.69) is 5.32 Å². The van der Waals surface area contributed by atoms with Gasteiger partial charge in [-0.2, -0.15) is 0 Å². The molecule has 4 nitrogen and oxygen atoms in total. The van der Waals surface area contributed by atoms with E-state index in [1.165, 1.54) is 0 Å². The Kier molecular flexibility index (Phi) is 5.05. The van der Waals surface area contributed by atoms with Gasteiger partial charge in [0.05, 0.1) is 0 Å². The maximum absolute atomic E-state index is 13.2. The molecule has 1 heterocycles. The summed E-state index contributed by atoms with van der Waals surface area (Å²) in [5, 5.41) is 3.40.